The highest BCUT2D eigenvalue weighted by molar-refractivity contribution is 9.10. The fourth-order valence-corrected chi connectivity index (χ4v) is 1.81. The smallest absolute Gasteiger partial charge is 0.339 e. The first-order chi connectivity index (χ1) is 8.61. The summed E-state index contributed by atoms with van der Waals surface area (Å²) in [6.07, 6.45) is 4.57. The second-order valence-electron chi connectivity index (χ2n) is 3.48. The maximum Gasteiger partial charge on any atom is 0.339 e. The van der Waals surface area contributed by atoms with Crippen molar-refractivity contribution in [3.05, 3.63) is 57.2 Å². The number of carbonyl (C=O) groups excluding carboxylic acids is 1. The van der Waals surface area contributed by atoms with E-state index in [-0.39, 0.29) is 5.56 Å². The number of aromatic nitrogens is 2. The standard InChI is InChI=1S/C12H9BrN2O3/c1-18-12(17)8-2-3-11(16)15(7-8)10-4-9(13)5-14-6-10/h2-7H,1H3. The molecule has 92 valence electrons. The van der Waals surface area contributed by atoms with Crippen molar-refractivity contribution in [2.45, 2.75) is 0 Å². The Morgan fingerprint density at radius 3 is 2.83 bits per heavy atom. The van der Waals surface area contributed by atoms with Gasteiger partial charge in [0.1, 0.15) is 0 Å². The zero-order chi connectivity index (χ0) is 13.1. The van der Waals surface area contributed by atoms with Crippen molar-refractivity contribution < 1.29 is 9.53 Å². The number of hydrogen-bond donors (Lipinski definition) is 0. The summed E-state index contributed by atoms with van der Waals surface area (Å²) < 4.78 is 6.69. The van der Waals surface area contributed by atoms with Crippen molar-refractivity contribution in [3.63, 3.8) is 0 Å². The van der Waals surface area contributed by atoms with Crippen LogP contribution in [0, 0.1) is 0 Å². The van der Waals surface area contributed by atoms with Crippen LogP contribution in [0.3, 0.4) is 0 Å². The first-order valence-electron chi connectivity index (χ1n) is 5.04. The lowest BCUT2D eigenvalue weighted by atomic mass is 10.2. The predicted octanol–water partition coefficient (Wildman–Crippen LogP) is 1.78. The summed E-state index contributed by atoms with van der Waals surface area (Å²) in [5.41, 5.74) is 0.625. The van der Waals surface area contributed by atoms with Gasteiger partial charge in [-0.05, 0) is 28.1 Å². The van der Waals surface area contributed by atoms with E-state index in [2.05, 4.69) is 25.7 Å². The number of rotatable bonds is 2. The first kappa shape index (κ1) is 12.5. The summed E-state index contributed by atoms with van der Waals surface area (Å²) in [5, 5.41) is 0. The van der Waals surface area contributed by atoms with E-state index in [0.717, 1.165) is 4.47 Å². The molecule has 0 N–H and O–H groups in total. The SMILES string of the molecule is COC(=O)c1ccc(=O)n(-c2cncc(Br)c2)c1. The number of methoxy groups -OCH3 is 1. The van der Waals surface area contributed by atoms with Gasteiger partial charge in [0.2, 0.25) is 0 Å². The highest BCUT2D eigenvalue weighted by Crippen LogP contribution is 2.12. The Bertz CT molecular complexity index is 652. The Morgan fingerprint density at radius 2 is 2.17 bits per heavy atom. The first-order valence-corrected chi connectivity index (χ1v) is 5.83. The molecule has 0 spiro atoms. The summed E-state index contributed by atoms with van der Waals surface area (Å²) in [5.74, 6) is -0.494. The van der Waals surface area contributed by atoms with E-state index in [4.69, 9.17) is 0 Å². The van der Waals surface area contributed by atoms with Gasteiger partial charge in [0.05, 0.1) is 24.6 Å². The molecule has 2 rings (SSSR count). The predicted molar refractivity (Wildman–Crippen MR) is 68.9 cm³/mol. The Labute approximate surface area is 111 Å². The van der Waals surface area contributed by atoms with E-state index < -0.39 is 5.97 Å². The molecule has 5 nitrogen and oxygen atoms in total. The molecule has 18 heavy (non-hydrogen) atoms. The van der Waals surface area contributed by atoms with E-state index in [1.165, 1.54) is 36.2 Å². The van der Waals surface area contributed by atoms with Crippen LogP contribution in [0.2, 0.25) is 0 Å². The lowest BCUT2D eigenvalue weighted by Gasteiger charge is -2.07. The Hall–Kier alpha value is -1.95. The van der Waals surface area contributed by atoms with Crippen LogP contribution in [-0.4, -0.2) is 22.6 Å². The third-order valence-corrected chi connectivity index (χ3v) is 2.73. The molecule has 0 saturated heterocycles. The average molecular weight is 309 g/mol. The molecule has 6 heteroatoms. The monoisotopic (exact) mass is 308 g/mol. The van der Waals surface area contributed by atoms with Gasteiger partial charge in [-0.2, -0.15) is 0 Å². The number of carbonyl (C=O) groups is 1. The summed E-state index contributed by atoms with van der Waals surface area (Å²) in [6.45, 7) is 0. The zero-order valence-electron chi connectivity index (χ0n) is 9.46. The van der Waals surface area contributed by atoms with Crippen molar-refractivity contribution in [1.82, 2.24) is 9.55 Å². The van der Waals surface area contributed by atoms with Gasteiger partial charge in [-0.3, -0.25) is 14.3 Å². The van der Waals surface area contributed by atoms with Crippen LogP contribution >= 0.6 is 15.9 Å². The molecular formula is C12H9BrN2O3. The molecule has 2 aromatic rings. The molecule has 0 radical (unpaired) electrons. The molecule has 0 aliphatic heterocycles. The van der Waals surface area contributed by atoms with Gasteiger partial charge < -0.3 is 4.74 Å². The molecule has 2 aromatic heterocycles. The van der Waals surface area contributed by atoms with Gasteiger partial charge in [-0.25, -0.2) is 4.79 Å². The zero-order valence-corrected chi connectivity index (χ0v) is 11.0. The summed E-state index contributed by atoms with van der Waals surface area (Å²) in [4.78, 5) is 27.1. The van der Waals surface area contributed by atoms with Gasteiger partial charge in [0.25, 0.3) is 5.56 Å². The second kappa shape index (κ2) is 5.14. The number of ether oxygens (including phenoxy) is 1. The fourth-order valence-electron chi connectivity index (χ4n) is 1.46. The molecule has 0 fully saturated rings. The minimum atomic E-state index is -0.494. The van der Waals surface area contributed by atoms with E-state index in [1.807, 2.05) is 0 Å². The Morgan fingerprint density at radius 1 is 1.39 bits per heavy atom. The lowest BCUT2D eigenvalue weighted by Crippen LogP contribution is -2.19. The highest BCUT2D eigenvalue weighted by Gasteiger charge is 2.08. The topological polar surface area (TPSA) is 61.2 Å². The molecule has 0 aliphatic carbocycles. The van der Waals surface area contributed by atoms with Crippen LogP contribution in [0.4, 0.5) is 0 Å². The van der Waals surface area contributed by atoms with Gasteiger partial charge >= 0.3 is 5.97 Å². The number of esters is 1. The van der Waals surface area contributed by atoms with Crippen molar-refractivity contribution >= 4 is 21.9 Å². The van der Waals surface area contributed by atoms with Gasteiger partial charge in [-0.15, -0.1) is 0 Å². The Balaban J connectivity index is 2.57. The van der Waals surface area contributed by atoms with E-state index in [0.29, 0.717) is 11.3 Å². The third kappa shape index (κ3) is 2.48. The van der Waals surface area contributed by atoms with Crippen LogP contribution < -0.4 is 5.56 Å². The van der Waals surface area contributed by atoms with Gasteiger partial charge in [-0.1, -0.05) is 0 Å². The fraction of sp³-hybridized carbons (Fsp3) is 0.0833. The lowest BCUT2D eigenvalue weighted by molar-refractivity contribution is 0.0600. The molecule has 0 aliphatic rings. The molecule has 2 heterocycles. The third-order valence-electron chi connectivity index (χ3n) is 2.30. The van der Waals surface area contributed by atoms with Crippen LogP contribution in [0.25, 0.3) is 5.69 Å². The number of nitrogens with zero attached hydrogens (tertiary/aromatic N) is 2. The van der Waals surface area contributed by atoms with Gasteiger partial charge in [0, 0.05) is 22.9 Å². The number of halogens is 1. The van der Waals surface area contributed by atoms with Crippen molar-refractivity contribution in [2.24, 2.45) is 0 Å². The quantitative estimate of drug-likeness (QED) is 0.793. The van der Waals surface area contributed by atoms with Crippen molar-refractivity contribution in [2.75, 3.05) is 7.11 Å². The van der Waals surface area contributed by atoms with Crippen LogP contribution in [0.1, 0.15) is 10.4 Å². The minimum absolute atomic E-state index is 0.248. The van der Waals surface area contributed by atoms with E-state index in [1.54, 1.807) is 12.3 Å². The van der Waals surface area contributed by atoms with Crippen molar-refractivity contribution in [3.8, 4) is 5.69 Å². The average Bonchev–Trinajstić information content (AvgIpc) is 2.38. The molecule has 0 unspecified atom stereocenters. The number of hydrogen-bond acceptors (Lipinski definition) is 4. The largest absolute Gasteiger partial charge is 0.465 e. The minimum Gasteiger partial charge on any atom is -0.465 e. The summed E-state index contributed by atoms with van der Waals surface area (Å²) >= 11 is 3.28. The van der Waals surface area contributed by atoms with Crippen LogP contribution in [-0.2, 0) is 4.74 Å². The van der Waals surface area contributed by atoms with E-state index in [9.17, 15) is 9.59 Å². The maximum absolute atomic E-state index is 11.8. The van der Waals surface area contributed by atoms with Crippen molar-refractivity contribution in [1.29, 1.82) is 0 Å². The highest BCUT2D eigenvalue weighted by atomic mass is 79.9. The number of pyridine rings is 2. The molecule has 0 bridgehead atoms. The molecule has 0 aromatic carbocycles. The molecule has 0 amide bonds. The second-order valence-corrected chi connectivity index (χ2v) is 4.39. The molecule has 0 saturated carbocycles. The summed E-state index contributed by atoms with van der Waals surface area (Å²) in [7, 11) is 1.29. The Kier molecular flexibility index (Phi) is 3.57. The van der Waals surface area contributed by atoms with Crippen LogP contribution in [0.5, 0.6) is 0 Å². The maximum atomic E-state index is 11.8. The molecule has 0 atom stereocenters. The normalized spacial score (nSPS) is 10.1. The van der Waals surface area contributed by atoms with E-state index >= 15 is 0 Å². The van der Waals surface area contributed by atoms with Crippen LogP contribution in [0.15, 0.2) is 46.1 Å². The van der Waals surface area contributed by atoms with Gasteiger partial charge in [0.15, 0.2) is 0 Å². The summed E-state index contributed by atoms with van der Waals surface area (Å²) in [6, 6.07) is 4.47. The molecular weight excluding hydrogens is 300 g/mol.